The Morgan fingerprint density at radius 3 is 2.11 bits per heavy atom. The number of aromatic carboxylic acids is 1. The molecule has 0 spiro atoms. The zero-order valence-electron chi connectivity index (χ0n) is 14.9. The Morgan fingerprint density at radius 2 is 1.59 bits per heavy atom. The van der Waals surface area contributed by atoms with Crippen molar-refractivity contribution >= 4 is 23.3 Å². The van der Waals surface area contributed by atoms with Crippen LogP contribution in [0.5, 0.6) is 0 Å². The number of benzene rings is 2. The molecule has 1 aliphatic heterocycles. The molecule has 1 atom stereocenters. The summed E-state index contributed by atoms with van der Waals surface area (Å²) in [6.07, 6.45) is 0. The smallest absolute Gasteiger partial charge is 0.335 e. The van der Waals surface area contributed by atoms with Gasteiger partial charge in [0.05, 0.1) is 17.2 Å². The van der Waals surface area contributed by atoms with Crippen LogP contribution in [0.4, 0.5) is 5.69 Å². The molecule has 0 fully saturated rings. The predicted molar refractivity (Wildman–Crippen MR) is 99.6 cm³/mol. The average molecular weight is 365 g/mol. The van der Waals surface area contributed by atoms with Crippen molar-refractivity contribution in [2.24, 2.45) is 5.92 Å². The van der Waals surface area contributed by atoms with E-state index in [1.807, 2.05) is 6.07 Å². The van der Waals surface area contributed by atoms with Gasteiger partial charge in [-0.2, -0.15) is 0 Å². The van der Waals surface area contributed by atoms with Gasteiger partial charge in [-0.05, 0) is 29.8 Å². The van der Waals surface area contributed by atoms with Crippen molar-refractivity contribution in [3.63, 3.8) is 0 Å². The second-order valence-electron chi connectivity index (χ2n) is 6.62. The SMILES string of the molecule is CC(C)C(=O)C1=C(O)C(=O)N(c2ccc(C(=O)O)cc2)[C@@H]1c1ccccc1. The highest BCUT2D eigenvalue weighted by Gasteiger charge is 2.44. The van der Waals surface area contributed by atoms with Crippen LogP contribution < -0.4 is 4.90 Å². The molecule has 6 nitrogen and oxygen atoms in total. The second-order valence-corrected chi connectivity index (χ2v) is 6.62. The molecule has 0 saturated carbocycles. The number of carboxylic acids is 1. The first-order valence-corrected chi connectivity index (χ1v) is 8.52. The van der Waals surface area contributed by atoms with Crippen LogP contribution in [0.2, 0.25) is 0 Å². The highest BCUT2D eigenvalue weighted by molar-refractivity contribution is 6.16. The van der Waals surface area contributed by atoms with Crippen LogP contribution in [0.1, 0.15) is 35.8 Å². The minimum atomic E-state index is -1.08. The molecule has 138 valence electrons. The molecule has 0 unspecified atom stereocenters. The van der Waals surface area contributed by atoms with Gasteiger partial charge >= 0.3 is 5.97 Å². The number of Topliss-reactive ketones (excluding diaryl/α,β-unsaturated/α-hetero) is 1. The topological polar surface area (TPSA) is 94.9 Å². The Balaban J connectivity index is 2.14. The molecule has 0 radical (unpaired) electrons. The lowest BCUT2D eigenvalue weighted by molar-refractivity contribution is -0.119. The number of carboxylic acid groups (broad SMARTS) is 1. The molecule has 0 aromatic heterocycles. The summed E-state index contributed by atoms with van der Waals surface area (Å²) in [5, 5.41) is 19.5. The average Bonchev–Trinajstić information content (AvgIpc) is 2.93. The van der Waals surface area contributed by atoms with Crippen molar-refractivity contribution in [2.75, 3.05) is 4.90 Å². The van der Waals surface area contributed by atoms with Crippen LogP contribution in [-0.4, -0.2) is 27.9 Å². The molecule has 1 amide bonds. The van der Waals surface area contributed by atoms with Gasteiger partial charge in [0.2, 0.25) is 0 Å². The quantitative estimate of drug-likeness (QED) is 0.845. The van der Waals surface area contributed by atoms with Gasteiger partial charge in [0.1, 0.15) is 0 Å². The van der Waals surface area contributed by atoms with Gasteiger partial charge in [-0.25, -0.2) is 4.79 Å². The van der Waals surface area contributed by atoms with Crippen LogP contribution in [0.25, 0.3) is 0 Å². The number of hydrogen-bond donors (Lipinski definition) is 2. The van der Waals surface area contributed by atoms with Gasteiger partial charge < -0.3 is 10.2 Å². The third kappa shape index (κ3) is 3.21. The lowest BCUT2D eigenvalue weighted by Gasteiger charge is -2.27. The van der Waals surface area contributed by atoms with Crippen molar-refractivity contribution in [3.8, 4) is 0 Å². The minimum Gasteiger partial charge on any atom is -0.503 e. The highest BCUT2D eigenvalue weighted by Crippen LogP contribution is 2.41. The maximum Gasteiger partial charge on any atom is 0.335 e. The van der Waals surface area contributed by atoms with E-state index in [1.54, 1.807) is 38.1 Å². The molecule has 3 rings (SSSR count). The molecule has 1 heterocycles. The maximum atomic E-state index is 12.8. The molecule has 27 heavy (non-hydrogen) atoms. The first-order valence-electron chi connectivity index (χ1n) is 8.52. The Morgan fingerprint density at radius 1 is 1.00 bits per heavy atom. The van der Waals surface area contributed by atoms with E-state index in [2.05, 4.69) is 0 Å². The zero-order valence-corrected chi connectivity index (χ0v) is 14.9. The van der Waals surface area contributed by atoms with Crippen LogP contribution in [0.3, 0.4) is 0 Å². The fourth-order valence-corrected chi connectivity index (χ4v) is 3.15. The molecule has 2 aromatic rings. The predicted octanol–water partition coefficient (Wildman–Crippen LogP) is 3.51. The van der Waals surface area contributed by atoms with E-state index in [4.69, 9.17) is 5.11 Å². The number of carbonyl (C=O) groups is 3. The number of aliphatic hydroxyl groups is 1. The normalized spacial score (nSPS) is 16.9. The van der Waals surface area contributed by atoms with Crippen molar-refractivity contribution in [2.45, 2.75) is 19.9 Å². The van der Waals surface area contributed by atoms with Crippen LogP contribution >= 0.6 is 0 Å². The summed E-state index contributed by atoms with van der Waals surface area (Å²) in [6.45, 7) is 3.42. The molecule has 2 aromatic carbocycles. The molecule has 0 saturated heterocycles. The number of aliphatic hydroxyl groups excluding tert-OH is 1. The number of rotatable bonds is 5. The fraction of sp³-hybridized carbons (Fsp3) is 0.190. The number of amides is 1. The Bertz CT molecular complexity index is 929. The first-order chi connectivity index (χ1) is 12.8. The molecular weight excluding hydrogens is 346 g/mol. The zero-order chi connectivity index (χ0) is 19.7. The molecule has 6 heteroatoms. The maximum absolute atomic E-state index is 12.8. The van der Waals surface area contributed by atoms with Gasteiger partial charge in [-0.15, -0.1) is 0 Å². The van der Waals surface area contributed by atoms with Gasteiger partial charge in [-0.3, -0.25) is 14.5 Å². The number of nitrogens with zero attached hydrogens (tertiary/aromatic N) is 1. The van der Waals surface area contributed by atoms with Crippen LogP contribution in [0.15, 0.2) is 65.9 Å². The van der Waals surface area contributed by atoms with Crippen molar-refractivity contribution in [1.82, 2.24) is 0 Å². The molecule has 0 bridgehead atoms. The lowest BCUT2D eigenvalue weighted by atomic mass is 9.91. The molecular formula is C21H19NO5. The third-order valence-corrected chi connectivity index (χ3v) is 4.51. The summed E-state index contributed by atoms with van der Waals surface area (Å²) in [4.78, 5) is 37.9. The van der Waals surface area contributed by atoms with E-state index < -0.39 is 29.6 Å². The Hall–Kier alpha value is -3.41. The summed E-state index contributed by atoms with van der Waals surface area (Å²) < 4.78 is 0. The van der Waals surface area contributed by atoms with E-state index in [1.165, 1.54) is 29.2 Å². The second kappa shape index (κ2) is 7.07. The van der Waals surface area contributed by atoms with Crippen molar-refractivity contribution < 1.29 is 24.6 Å². The summed E-state index contributed by atoms with van der Waals surface area (Å²) in [6, 6.07) is 13.9. The number of anilines is 1. The summed E-state index contributed by atoms with van der Waals surface area (Å²) in [7, 11) is 0. The summed E-state index contributed by atoms with van der Waals surface area (Å²) in [5.74, 6) is -3.03. The standard InChI is InChI=1S/C21H19NO5/c1-12(2)18(23)16-17(13-6-4-3-5-7-13)22(20(25)19(16)24)15-10-8-14(9-11-15)21(26)27/h3-12,17,24H,1-2H3,(H,26,27)/t17-/m1/s1. The van der Waals surface area contributed by atoms with E-state index in [0.717, 1.165) is 0 Å². The monoisotopic (exact) mass is 365 g/mol. The number of ketones is 1. The third-order valence-electron chi connectivity index (χ3n) is 4.51. The molecule has 2 N–H and O–H groups in total. The highest BCUT2D eigenvalue weighted by atomic mass is 16.4. The lowest BCUT2D eigenvalue weighted by Crippen LogP contribution is -2.31. The van der Waals surface area contributed by atoms with E-state index >= 15 is 0 Å². The van der Waals surface area contributed by atoms with Crippen molar-refractivity contribution in [3.05, 3.63) is 77.1 Å². The van der Waals surface area contributed by atoms with Crippen LogP contribution in [0, 0.1) is 5.92 Å². The Labute approximate surface area is 156 Å². The summed E-state index contributed by atoms with van der Waals surface area (Å²) >= 11 is 0. The van der Waals surface area contributed by atoms with Gasteiger partial charge in [0.15, 0.2) is 11.5 Å². The summed E-state index contributed by atoms with van der Waals surface area (Å²) in [5.41, 5.74) is 1.22. The van der Waals surface area contributed by atoms with Gasteiger partial charge in [-0.1, -0.05) is 44.2 Å². The van der Waals surface area contributed by atoms with Crippen molar-refractivity contribution in [1.29, 1.82) is 0 Å². The van der Waals surface area contributed by atoms with Gasteiger partial charge in [0, 0.05) is 11.6 Å². The minimum absolute atomic E-state index is 0.0588. The first kappa shape index (κ1) is 18.4. The molecule has 1 aliphatic rings. The largest absolute Gasteiger partial charge is 0.503 e. The fourth-order valence-electron chi connectivity index (χ4n) is 3.15. The molecule has 0 aliphatic carbocycles. The van der Waals surface area contributed by atoms with E-state index in [9.17, 15) is 19.5 Å². The van der Waals surface area contributed by atoms with E-state index in [0.29, 0.717) is 11.3 Å². The van der Waals surface area contributed by atoms with Gasteiger partial charge in [0.25, 0.3) is 5.91 Å². The number of carbonyl (C=O) groups excluding carboxylic acids is 2. The Kier molecular flexibility index (Phi) is 4.81. The van der Waals surface area contributed by atoms with Crippen LogP contribution in [-0.2, 0) is 9.59 Å². The van der Waals surface area contributed by atoms with E-state index in [-0.39, 0.29) is 16.9 Å². The number of hydrogen-bond acceptors (Lipinski definition) is 4.